The molecule has 0 saturated heterocycles. The minimum absolute atomic E-state index is 0.235. The number of rotatable bonds is 7. The van der Waals surface area contributed by atoms with E-state index in [1.807, 2.05) is 6.92 Å². The lowest BCUT2D eigenvalue weighted by Gasteiger charge is -2.07. The van der Waals surface area contributed by atoms with Gasteiger partial charge >= 0.3 is 5.97 Å². The SMILES string of the molecule is C=C/C=C(\CC)OCCOC(=O)C=C. The normalized spacial score (nSPS) is 10.5. The molecule has 0 saturated carbocycles. The summed E-state index contributed by atoms with van der Waals surface area (Å²) in [6, 6.07) is 0. The van der Waals surface area contributed by atoms with E-state index in [1.54, 1.807) is 12.2 Å². The zero-order valence-corrected chi connectivity index (χ0v) is 8.49. The van der Waals surface area contributed by atoms with Crippen LogP contribution in [0, 0.1) is 0 Å². The van der Waals surface area contributed by atoms with Gasteiger partial charge in [-0.15, -0.1) is 0 Å². The van der Waals surface area contributed by atoms with Gasteiger partial charge in [-0.25, -0.2) is 4.79 Å². The third kappa shape index (κ3) is 6.06. The topological polar surface area (TPSA) is 35.5 Å². The predicted octanol–water partition coefficient (Wildman–Crippen LogP) is 2.21. The Kier molecular flexibility index (Phi) is 7.23. The Balaban J connectivity index is 3.61. The van der Waals surface area contributed by atoms with Crippen molar-refractivity contribution in [3.63, 3.8) is 0 Å². The molecule has 0 N–H and O–H groups in total. The summed E-state index contributed by atoms with van der Waals surface area (Å²) in [4.78, 5) is 10.6. The first kappa shape index (κ1) is 12.5. The summed E-state index contributed by atoms with van der Waals surface area (Å²) in [5.41, 5.74) is 0. The first-order valence-electron chi connectivity index (χ1n) is 4.48. The molecule has 0 rings (SSSR count). The minimum atomic E-state index is -0.431. The molecule has 0 aromatic carbocycles. The second-order valence-corrected chi connectivity index (χ2v) is 2.44. The fraction of sp³-hybridized carbons (Fsp3) is 0.364. The number of ether oxygens (including phenoxy) is 2. The van der Waals surface area contributed by atoms with Crippen LogP contribution in [-0.4, -0.2) is 19.2 Å². The van der Waals surface area contributed by atoms with Crippen LogP contribution in [0.3, 0.4) is 0 Å². The lowest BCUT2D eigenvalue weighted by molar-refractivity contribution is -0.138. The number of carbonyl (C=O) groups is 1. The smallest absolute Gasteiger partial charge is 0.330 e. The van der Waals surface area contributed by atoms with E-state index in [0.717, 1.165) is 18.3 Å². The summed E-state index contributed by atoms with van der Waals surface area (Å²) in [7, 11) is 0. The average molecular weight is 196 g/mol. The molecule has 3 heteroatoms. The van der Waals surface area contributed by atoms with Crippen LogP contribution in [0.2, 0.25) is 0 Å². The lowest BCUT2D eigenvalue weighted by atomic mass is 10.3. The summed E-state index contributed by atoms with van der Waals surface area (Å²) >= 11 is 0. The summed E-state index contributed by atoms with van der Waals surface area (Å²) in [5.74, 6) is 0.397. The first-order chi connectivity index (χ1) is 6.74. The number of allylic oxidation sites excluding steroid dienone is 3. The van der Waals surface area contributed by atoms with Gasteiger partial charge in [0, 0.05) is 12.5 Å². The van der Waals surface area contributed by atoms with Gasteiger partial charge in [0.2, 0.25) is 0 Å². The maximum atomic E-state index is 10.6. The van der Waals surface area contributed by atoms with Crippen molar-refractivity contribution in [3.8, 4) is 0 Å². The second kappa shape index (κ2) is 8.10. The van der Waals surface area contributed by atoms with Crippen molar-refractivity contribution in [2.45, 2.75) is 13.3 Å². The maximum absolute atomic E-state index is 10.6. The van der Waals surface area contributed by atoms with Gasteiger partial charge in [-0.05, 0) is 6.08 Å². The molecular weight excluding hydrogens is 180 g/mol. The highest BCUT2D eigenvalue weighted by atomic mass is 16.6. The molecule has 0 amide bonds. The molecule has 78 valence electrons. The fourth-order valence-corrected chi connectivity index (χ4v) is 0.773. The van der Waals surface area contributed by atoms with E-state index in [1.165, 1.54) is 0 Å². The van der Waals surface area contributed by atoms with Crippen molar-refractivity contribution < 1.29 is 14.3 Å². The molecule has 0 heterocycles. The molecule has 0 bridgehead atoms. The summed E-state index contributed by atoms with van der Waals surface area (Å²) in [5, 5.41) is 0. The molecule has 0 radical (unpaired) electrons. The Labute approximate surface area is 84.7 Å². The van der Waals surface area contributed by atoms with Gasteiger partial charge in [-0.3, -0.25) is 0 Å². The van der Waals surface area contributed by atoms with E-state index in [4.69, 9.17) is 9.47 Å². The molecule has 0 aromatic rings. The van der Waals surface area contributed by atoms with E-state index < -0.39 is 5.97 Å². The predicted molar refractivity (Wildman–Crippen MR) is 55.7 cm³/mol. The van der Waals surface area contributed by atoms with Gasteiger partial charge in [-0.1, -0.05) is 26.2 Å². The molecule has 0 aliphatic carbocycles. The number of carbonyl (C=O) groups excluding carboxylic acids is 1. The Bertz CT molecular complexity index is 229. The molecule has 0 spiro atoms. The van der Waals surface area contributed by atoms with Crippen LogP contribution in [0.5, 0.6) is 0 Å². The summed E-state index contributed by atoms with van der Waals surface area (Å²) < 4.78 is 10.0. The van der Waals surface area contributed by atoms with Gasteiger partial charge in [-0.2, -0.15) is 0 Å². The van der Waals surface area contributed by atoms with Crippen LogP contribution in [-0.2, 0) is 14.3 Å². The molecule has 3 nitrogen and oxygen atoms in total. The Morgan fingerprint density at radius 1 is 1.29 bits per heavy atom. The molecule has 14 heavy (non-hydrogen) atoms. The quantitative estimate of drug-likeness (QED) is 0.206. The average Bonchev–Trinajstić information content (AvgIpc) is 2.22. The Morgan fingerprint density at radius 2 is 1.93 bits per heavy atom. The van der Waals surface area contributed by atoms with Gasteiger partial charge < -0.3 is 9.47 Å². The first-order valence-corrected chi connectivity index (χ1v) is 4.48. The zero-order valence-electron chi connectivity index (χ0n) is 8.49. The van der Waals surface area contributed by atoms with Crippen LogP contribution < -0.4 is 0 Å². The van der Waals surface area contributed by atoms with E-state index in [-0.39, 0.29) is 6.61 Å². The Morgan fingerprint density at radius 3 is 2.43 bits per heavy atom. The number of hydrogen-bond donors (Lipinski definition) is 0. The van der Waals surface area contributed by atoms with E-state index in [0.29, 0.717) is 6.61 Å². The second-order valence-electron chi connectivity index (χ2n) is 2.44. The van der Waals surface area contributed by atoms with Crippen molar-refractivity contribution in [3.05, 3.63) is 37.1 Å². The minimum Gasteiger partial charge on any atom is -0.494 e. The van der Waals surface area contributed by atoms with E-state index in [9.17, 15) is 4.79 Å². The van der Waals surface area contributed by atoms with Crippen LogP contribution >= 0.6 is 0 Å². The van der Waals surface area contributed by atoms with Crippen molar-refractivity contribution in [1.29, 1.82) is 0 Å². The lowest BCUT2D eigenvalue weighted by Crippen LogP contribution is -2.07. The van der Waals surface area contributed by atoms with Gasteiger partial charge in [0.1, 0.15) is 13.2 Å². The molecule has 0 fully saturated rings. The van der Waals surface area contributed by atoms with Gasteiger partial charge in [0.15, 0.2) is 0 Å². The molecule has 0 aromatic heterocycles. The van der Waals surface area contributed by atoms with Gasteiger partial charge in [0.05, 0.1) is 5.76 Å². The highest BCUT2D eigenvalue weighted by molar-refractivity contribution is 5.81. The maximum Gasteiger partial charge on any atom is 0.330 e. The van der Waals surface area contributed by atoms with E-state index >= 15 is 0 Å². The fourth-order valence-electron chi connectivity index (χ4n) is 0.773. The third-order valence-corrected chi connectivity index (χ3v) is 1.43. The van der Waals surface area contributed by atoms with Crippen LogP contribution in [0.15, 0.2) is 37.1 Å². The van der Waals surface area contributed by atoms with Crippen LogP contribution in [0.1, 0.15) is 13.3 Å². The molecule has 0 aliphatic rings. The van der Waals surface area contributed by atoms with Crippen molar-refractivity contribution in [2.75, 3.05) is 13.2 Å². The number of esters is 1. The monoisotopic (exact) mass is 196 g/mol. The van der Waals surface area contributed by atoms with Crippen molar-refractivity contribution in [2.24, 2.45) is 0 Å². The zero-order chi connectivity index (χ0) is 10.8. The molecular formula is C11H16O3. The Hall–Kier alpha value is -1.51. The van der Waals surface area contributed by atoms with Crippen molar-refractivity contribution in [1.82, 2.24) is 0 Å². The highest BCUT2D eigenvalue weighted by Gasteiger charge is 1.96. The third-order valence-electron chi connectivity index (χ3n) is 1.43. The highest BCUT2D eigenvalue weighted by Crippen LogP contribution is 2.02. The van der Waals surface area contributed by atoms with E-state index in [2.05, 4.69) is 13.2 Å². The molecule has 0 atom stereocenters. The molecule has 0 aliphatic heterocycles. The molecule has 0 unspecified atom stereocenters. The number of hydrogen-bond acceptors (Lipinski definition) is 3. The largest absolute Gasteiger partial charge is 0.494 e. The van der Waals surface area contributed by atoms with Gasteiger partial charge in [0.25, 0.3) is 0 Å². The summed E-state index contributed by atoms with van der Waals surface area (Å²) in [6.07, 6.45) is 5.37. The van der Waals surface area contributed by atoms with Crippen LogP contribution in [0.25, 0.3) is 0 Å². The summed E-state index contributed by atoms with van der Waals surface area (Å²) in [6.45, 7) is 9.41. The van der Waals surface area contributed by atoms with Crippen LogP contribution in [0.4, 0.5) is 0 Å². The van der Waals surface area contributed by atoms with Crippen molar-refractivity contribution >= 4 is 5.97 Å². The standard InChI is InChI=1S/C11H16O3/c1-4-7-10(5-2)13-8-9-14-11(12)6-3/h4,6-7H,1,3,5,8-9H2,2H3/b10-7+.